The van der Waals surface area contributed by atoms with Gasteiger partial charge in [0.05, 0.1) is 18.2 Å². The average Bonchev–Trinajstić information content (AvgIpc) is 3.13. The van der Waals surface area contributed by atoms with E-state index in [2.05, 4.69) is 25.1 Å². The van der Waals surface area contributed by atoms with Crippen LogP contribution in [0.2, 0.25) is 0 Å². The third-order valence-electron chi connectivity index (χ3n) is 3.31. The van der Waals surface area contributed by atoms with Crippen LogP contribution in [0.1, 0.15) is 34.9 Å². The lowest BCUT2D eigenvalue weighted by Gasteiger charge is -2.00. The van der Waals surface area contributed by atoms with Crippen LogP contribution in [0.25, 0.3) is 10.6 Å². The van der Waals surface area contributed by atoms with Crippen LogP contribution in [0.15, 0.2) is 24.3 Å². The number of benzene rings is 1. The molecular weight excluding hydrogens is 240 g/mol. The first-order valence-electron chi connectivity index (χ1n) is 6.22. The van der Waals surface area contributed by atoms with E-state index in [0.29, 0.717) is 12.3 Å². The molecule has 0 unspecified atom stereocenters. The Labute approximate surface area is 111 Å². The van der Waals surface area contributed by atoms with E-state index in [1.807, 2.05) is 12.1 Å². The summed E-state index contributed by atoms with van der Waals surface area (Å²) in [6.07, 6.45) is 2.96. The summed E-state index contributed by atoms with van der Waals surface area (Å²) in [6.45, 7) is 2.11. The van der Waals surface area contributed by atoms with Crippen molar-refractivity contribution >= 4 is 11.3 Å². The van der Waals surface area contributed by atoms with Crippen LogP contribution in [0.5, 0.6) is 0 Å². The molecule has 3 heteroatoms. The number of aryl methyl sites for hydroxylation is 1. The smallest absolute Gasteiger partial charge is 0.124 e. The van der Waals surface area contributed by atoms with Crippen LogP contribution in [0.4, 0.5) is 0 Å². The van der Waals surface area contributed by atoms with E-state index >= 15 is 0 Å². The van der Waals surface area contributed by atoms with E-state index in [0.717, 1.165) is 5.01 Å². The highest BCUT2D eigenvalue weighted by atomic mass is 32.1. The topological polar surface area (TPSA) is 36.7 Å². The Hall–Kier alpha value is -1.66. The highest BCUT2D eigenvalue weighted by Gasteiger charge is 2.29. The minimum atomic E-state index is 0.495. The van der Waals surface area contributed by atoms with Gasteiger partial charge >= 0.3 is 0 Å². The molecule has 3 rings (SSSR count). The van der Waals surface area contributed by atoms with Crippen molar-refractivity contribution in [3.63, 3.8) is 0 Å². The Kier molecular flexibility index (Phi) is 2.89. The molecule has 2 nitrogen and oxygen atoms in total. The first-order chi connectivity index (χ1) is 8.79. The van der Waals surface area contributed by atoms with Gasteiger partial charge in [-0.15, -0.1) is 11.3 Å². The number of rotatable bonds is 3. The number of aromatic nitrogens is 1. The molecule has 0 radical (unpaired) electrons. The summed E-state index contributed by atoms with van der Waals surface area (Å²) >= 11 is 1.69. The molecule has 0 saturated heterocycles. The Bertz CT molecular complexity index is 618. The standard InChI is InChI=1S/C15H14N2S/c1-10-4-2-3-5-12(10)15-17-14(11-6-7-11)13(18-15)8-9-16/h2-5,11H,6-8H2,1H3. The number of hydrogen-bond acceptors (Lipinski definition) is 3. The highest BCUT2D eigenvalue weighted by Crippen LogP contribution is 2.44. The summed E-state index contributed by atoms with van der Waals surface area (Å²) in [5, 5.41) is 9.98. The Morgan fingerprint density at radius 3 is 2.83 bits per heavy atom. The third-order valence-corrected chi connectivity index (χ3v) is 4.41. The van der Waals surface area contributed by atoms with Crippen LogP contribution in [0, 0.1) is 18.3 Å². The molecular formula is C15H14N2S. The minimum Gasteiger partial charge on any atom is -0.240 e. The summed E-state index contributed by atoms with van der Waals surface area (Å²) in [4.78, 5) is 5.95. The number of hydrogen-bond donors (Lipinski definition) is 0. The first kappa shape index (κ1) is 11.4. The van der Waals surface area contributed by atoms with Gasteiger partial charge < -0.3 is 0 Å². The lowest BCUT2D eigenvalue weighted by Crippen LogP contribution is -1.87. The van der Waals surface area contributed by atoms with Crippen molar-refractivity contribution in [1.82, 2.24) is 4.98 Å². The lowest BCUT2D eigenvalue weighted by molar-refractivity contribution is 1.02. The molecule has 1 aromatic heterocycles. The van der Waals surface area contributed by atoms with Gasteiger partial charge in [0.2, 0.25) is 0 Å². The second kappa shape index (κ2) is 4.55. The van der Waals surface area contributed by atoms with Crippen molar-refractivity contribution in [2.75, 3.05) is 0 Å². The summed E-state index contributed by atoms with van der Waals surface area (Å²) < 4.78 is 0. The van der Waals surface area contributed by atoms with Crippen molar-refractivity contribution in [3.05, 3.63) is 40.4 Å². The summed E-state index contributed by atoms with van der Waals surface area (Å²) in [6, 6.07) is 10.6. The summed E-state index contributed by atoms with van der Waals surface area (Å²) in [7, 11) is 0. The van der Waals surface area contributed by atoms with Crippen LogP contribution in [-0.4, -0.2) is 4.98 Å². The largest absolute Gasteiger partial charge is 0.240 e. The third kappa shape index (κ3) is 2.04. The van der Waals surface area contributed by atoms with Gasteiger partial charge in [-0.05, 0) is 25.3 Å². The second-order valence-corrected chi connectivity index (χ2v) is 5.84. The quantitative estimate of drug-likeness (QED) is 0.828. The molecule has 1 aliphatic carbocycles. The fourth-order valence-corrected chi connectivity index (χ4v) is 3.34. The summed E-state index contributed by atoms with van der Waals surface area (Å²) in [5.41, 5.74) is 3.63. The maximum atomic E-state index is 8.91. The Morgan fingerprint density at radius 1 is 1.39 bits per heavy atom. The molecule has 1 aliphatic rings. The molecule has 0 N–H and O–H groups in total. The fraction of sp³-hybridized carbons (Fsp3) is 0.333. The molecule has 1 heterocycles. The predicted molar refractivity (Wildman–Crippen MR) is 73.6 cm³/mol. The van der Waals surface area contributed by atoms with Gasteiger partial charge in [0, 0.05) is 16.4 Å². The molecule has 0 spiro atoms. The number of nitriles is 1. The van der Waals surface area contributed by atoms with Gasteiger partial charge in [-0.1, -0.05) is 24.3 Å². The molecule has 0 atom stereocenters. The van der Waals surface area contributed by atoms with Gasteiger partial charge in [0.1, 0.15) is 5.01 Å². The number of nitrogens with zero attached hydrogens (tertiary/aromatic N) is 2. The first-order valence-corrected chi connectivity index (χ1v) is 7.04. The monoisotopic (exact) mass is 254 g/mol. The maximum absolute atomic E-state index is 8.91. The zero-order chi connectivity index (χ0) is 12.5. The Balaban J connectivity index is 2.06. The van der Waals surface area contributed by atoms with Gasteiger partial charge in [-0.25, -0.2) is 4.98 Å². The van der Waals surface area contributed by atoms with Crippen molar-refractivity contribution in [3.8, 4) is 16.6 Å². The molecule has 1 fully saturated rings. The van der Waals surface area contributed by atoms with E-state index in [1.165, 1.54) is 34.5 Å². The Morgan fingerprint density at radius 2 is 2.17 bits per heavy atom. The van der Waals surface area contributed by atoms with Gasteiger partial charge in [-0.2, -0.15) is 5.26 Å². The van der Waals surface area contributed by atoms with E-state index in [1.54, 1.807) is 11.3 Å². The van der Waals surface area contributed by atoms with Crippen molar-refractivity contribution < 1.29 is 0 Å². The minimum absolute atomic E-state index is 0.495. The summed E-state index contributed by atoms with van der Waals surface area (Å²) in [5.74, 6) is 0.613. The predicted octanol–water partition coefficient (Wildman–Crippen LogP) is 4.06. The zero-order valence-corrected chi connectivity index (χ0v) is 11.1. The molecule has 18 heavy (non-hydrogen) atoms. The molecule has 0 amide bonds. The van der Waals surface area contributed by atoms with Crippen LogP contribution in [0.3, 0.4) is 0 Å². The van der Waals surface area contributed by atoms with Crippen molar-refractivity contribution in [2.45, 2.75) is 32.1 Å². The molecule has 2 aromatic rings. The molecule has 1 aromatic carbocycles. The van der Waals surface area contributed by atoms with E-state index in [4.69, 9.17) is 10.2 Å². The van der Waals surface area contributed by atoms with E-state index in [-0.39, 0.29) is 0 Å². The average molecular weight is 254 g/mol. The lowest BCUT2D eigenvalue weighted by atomic mass is 10.1. The SMILES string of the molecule is Cc1ccccc1-c1nc(C2CC2)c(CC#N)s1. The molecule has 0 aliphatic heterocycles. The van der Waals surface area contributed by atoms with Crippen LogP contribution in [-0.2, 0) is 6.42 Å². The van der Waals surface area contributed by atoms with Crippen molar-refractivity contribution in [2.24, 2.45) is 0 Å². The second-order valence-electron chi connectivity index (χ2n) is 4.75. The van der Waals surface area contributed by atoms with Gasteiger partial charge in [0.15, 0.2) is 0 Å². The van der Waals surface area contributed by atoms with E-state index in [9.17, 15) is 0 Å². The van der Waals surface area contributed by atoms with Crippen molar-refractivity contribution in [1.29, 1.82) is 5.26 Å². The normalized spacial score (nSPS) is 14.4. The zero-order valence-electron chi connectivity index (χ0n) is 10.3. The molecule has 90 valence electrons. The van der Waals surface area contributed by atoms with Crippen LogP contribution < -0.4 is 0 Å². The highest BCUT2D eigenvalue weighted by molar-refractivity contribution is 7.15. The molecule has 1 saturated carbocycles. The van der Waals surface area contributed by atoms with E-state index < -0.39 is 0 Å². The fourth-order valence-electron chi connectivity index (χ4n) is 2.17. The van der Waals surface area contributed by atoms with Crippen LogP contribution >= 0.6 is 11.3 Å². The van der Waals surface area contributed by atoms with Gasteiger partial charge in [-0.3, -0.25) is 0 Å². The van der Waals surface area contributed by atoms with Gasteiger partial charge in [0.25, 0.3) is 0 Å². The number of thiazole rings is 1. The maximum Gasteiger partial charge on any atom is 0.124 e. The molecule has 0 bridgehead atoms.